The third-order valence-electron chi connectivity index (χ3n) is 4.73. The highest BCUT2D eigenvalue weighted by Gasteiger charge is 2.27. The monoisotopic (exact) mass is 445 g/mol. The third kappa shape index (κ3) is 7.39. The molecule has 1 aromatic heterocycles. The molecule has 0 saturated heterocycles. The second kappa shape index (κ2) is 10.7. The Morgan fingerprint density at radius 2 is 1.84 bits per heavy atom. The topological polar surface area (TPSA) is 94.8 Å². The second-order valence-corrected chi connectivity index (χ2v) is 9.58. The van der Waals surface area contributed by atoms with Crippen molar-refractivity contribution in [1.82, 2.24) is 5.32 Å². The van der Waals surface area contributed by atoms with Gasteiger partial charge in [-0.3, -0.25) is 0 Å². The van der Waals surface area contributed by atoms with Crippen LogP contribution in [0.2, 0.25) is 0 Å². The van der Waals surface area contributed by atoms with Gasteiger partial charge in [-0.2, -0.15) is 0 Å². The van der Waals surface area contributed by atoms with Gasteiger partial charge in [0.25, 0.3) is 0 Å². The van der Waals surface area contributed by atoms with Crippen LogP contribution in [0.5, 0.6) is 5.75 Å². The van der Waals surface area contributed by atoms with Crippen LogP contribution >= 0.6 is 0 Å². The molecule has 0 saturated carbocycles. The van der Waals surface area contributed by atoms with E-state index in [4.69, 9.17) is 13.9 Å². The Kier molecular flexibility index (Phi) is 8.47. The van der Waals surface area contributed by atoms with Crippen LogP contribution in [0.4, 0.5) is 4.79 Å². The predicted molar refractivity (Wildman–Crippen MR) is 124 cm³/mol. The first-order valence-corrected chi connectivity index (χ1v) is 11.2. The SMILES string of the molecule is CCCCc1cc(=O)oc2cc(C)cc(OC(=O)C(CC(C)C)NC(=O)OC(C)(C)C)c12. The molecule has 1 unspecified atom stereocenters. The fourth-order valence-electron chi connectivity index (χ4n) is 3.43. The summed E-state index contributed by atoms with van der Waals surface area (Å²) in [5.74, 6) is -0.140. The fraction of sp³-hybridized carbons (Fsp3) is 0.560. The van der Waals surface area contributed by atoms with Crippen molar-refractivity contribution in [2.75, 3.05) is 0 Å². The number of amides is 1. The number of carbonyl (C=O) groups excluding carboxylic acids is 2. The molecule has 32 heavy (non-hydrogen) atoms. The lowest BCUT2D eigenvalue weighted by atomic mass is 10.0. The first-order chi connectivity index (χ1) is 14.9. The van der Waals surface area contributed by atoms with Crippen LogP contribution in [0.1, 0.15) is 71.9 Å². The van der Waals surface area contributed by atoms with Crippen LogP contribution in [0.15, 0.2) is 27.4 Å². The molecule has 1 amide bonds. The number of unbranched alkanes of at least 4 members (excludes halogenated alkanes) is 1. The number of hydrogen-bond acceptors (Lipinski definition) is 6. The van der Waals surface area contributed by atoms with Crippen molar-refractivity contribution in [3.63, 3.8) is 0 Å². The Morgan fingerprint density at radius 1 is 1.16 bits per heavy atom. The van der Waals surface area contributed by atoms with Gasteiger partial charge in [0.15, 0.2) is 0 Å². The van der Waals surface area contributed by atoms with Crippen LogP contribution in [0, 0.1) is 12.8 Å². The van der Waals surface area contributed by atoms with E-state index in [1.165, 1.54) is 6.07 Å². The maximum atomic E-state index is 13.1. The van der Waals surface area contributed by atoms with E-state index < -0.39 is 29.3 Å². The molecule has 2 rings (SSSR count). The quantitative estimate of drug-likeness (QED) is 0.337. The number of hydrogen-bond donors (Lipinski definition) is 1. The lowest BCUT2D eigenvalue weighted by Gasteiger charge is -2.24. The van der Waals surface area contributed by atoms with Crippen molar-refractivity contribution in [1.29, 1.82) is 0 Å². The molecule has 0 radical (unpaired) electrons. The number of benzene rings is 1. The maximum Gasteiger partial charge on any atom is 0.408 e. The van der Waals surface area contributed by atoms with Crippen LogP contribution in [0.3, 0.4) is 0 Å². The summed E-state index contributed by atoms with van der Waals surface area (Å²) in [5, 5.41) is 3.25. The Morgan fingerprint density at radius 3 is 2.44 bits per heavy atom. The first-order valence-electron chi connectivity index (χ1n) is 11.2. The second-order valence-electron chi connectivity index (χ2n) is 9.58. The maximum absolute atomic E-state index is 13.1. The number of esters is 1. The van der Waals surface area contributed by atoms with E-state index in [9.17, 15) is 14.4 Å². The smallest absolute Gasteiger partial charge is 0.408 e. The fourth-order valence-corrected chi connectivity index (χ4v) is 3.43. The lowest BCUT2D eigenvalue weighted by molar-refractivity contribution is -0.137. The Hall–Kier alpha value is -2.83. The minimum atomic E-state index is -0.879. The Labute approximate surface area is 189 Å². The molecule has 0 fully saturated rings. The molecule has 0 spiro atoms. The first kappa shape index (κ1) is 25.4. The molecule has 1 N–H and O–H groups in total. The third-order valence-corrected chi connectivity index (χ3v) is 4.73. The van der Waals surface area contributed by atoms with Gasteiger partial charge in [-0.05, 0) is 76.1 Å². The van der Waals surface area contributed by atoms with Gasteiger partial charge in [0, 0.05) is 6.07 Å². The summed E-state index contributed by atoms with van der Waals surface area (Å²) in [6.45, 7) is 13.1. The number of aryl methyl sites for hydroxylation is 2. The number of carbonyl (C=O) groups is 2. The van der Waals surface area contributed by atoms with Crippen molar-refractivity contribution in [3.8, 4) is 5.75 Å². The molecule has 7 heteroatoms. The van der Waals surface area contributed by atoms with Crippen LogP contribution in [-0.4, -0.2) is 23.7 Å². The largest absolute Gasteiger partial charge is 0.444 e. The standard InChI is InChI=1S/C25H35NO6/c1-8-9-10-17-14-21(27)30-19-12-16(4)13-20(22(17)19)31-23(28)18(11-15(2)3)26-24(29)32-25(5,6)7/h12-15,18H,8-11H2,1-7H3,(H,26,29). The van der Waals surface area contributed by atoms with Gasteiger partial charge in [-0.15, -0.1) is 0 Å². The summed E-state index contributed by atoms with van der Waals surface area (Å²) in [5.41, 5.74) is 0.829. The van der Waals surface area contributed by atoms with E-state index in [-0.39, 0.29) is 5.92 Å². The molecule has 0 bridgehead atoms. The van der Waals surface area contributed by atoms with Crippen molar-refractivity contribution in [2.24, 2.45) is 5.92 Å². The van der Waals surface area contributed by atoms with Crippen LogP contribution < -0.4 is 15.7 Å². The summed E-state index contributed by atoms with van der Waals surface area (Å²) >= 11 is 0. The molecule has 7 nitrogen and oxygen atoms in total. The minimum absolute atomic E-state index is 0.134. The number of fused-ring (bicyclic) bond motifs is 1. The average Bonchev–Trinajstić information content (AvgIpc) is 2.62. The molecule has 1 aromatic carbocycles. The highest BCUT2D eigenvalue weighted by atomic mass is 16.6. The number of nitrogens with one attached hydrogen (secondary N) is 1. The van der Waals surface area contributed by atoms with Crippen LogP contribution in [0.25, 0.3) is 11.0 Å². The van der Waals surface area contributed by atoms with Gasteiger partial charge in [0.2, 0.25) is 0 Å². The Bertz CT molecular complexity index is 1020. The molecule has 0 aliphatic rings. The highest BCUT2D eigenvalue weighted by molar-refractivity contribution is 5.91. The zero-order chi connectivity index (χ0) is 24.1. The van der Waals surface area contributed by atoms with Gasteiger partial charge in [0.1, 0.15) is 23.0 Å². The highest BCUT2D eigenvalue weighted by Crippen LogP contribution is 2.31. The molecule has 1 atom stereocenters. The summed E-state index contributed by atoms with van der Waals surface area (Å²) in [6, 6.07) is 4.08. The molecule has 176 valence electrons. The zero-order valence-electron chi connectivity index (χ0n) is 20.2. The number of ether oxygens (including phenoxy) is 2. The van der Waals surface area contributed by atoms with Crippen molar-refractivity contribution >= 4 is 23.0 Å². The zero-order valence-corrected chi connectivity index (χ0v) is 20.2. The van der Waals surface area contributed by atoms with E-state index in [0.29, 0.717) is 29.6 Å². The van der Waals surface area contributed by atoms with Crippen molar-refractivity contribution in [2.45, 2.75) is 85.8 Å². The molecule has 1 heterocycles. The summed E-state index contributed by atoms with van der Waals surface area (Å²) in [4.78, 5) is 37.4. The molecule has 2 aromatic rings. The molecule has 0 aliphatic carbocycles. The van der Waals surface area contributed by atoms with E-state index in [1.54, 1.807) is 32.9 Å². The average molecular weight is 446 g/mol. The minimum Gasteiger partial charge on any atom is -0.444 e. The van der Waals surface area contributed by atoms with E-state index >= 15 is 0 Å². The number of alkyl carbamates (subject to hydrolysis) is 1. The lowest BCUT2D eigenvalue weighted by Crippen LogP contribution is -2.45. The van der Waals surface area contributed by atoms with E-state index in [1.807, 2.05) is 20.8 Å². The summed E-state index contributed by atoms with van der Waals surface area (Å²) in [6.07, 6.45) is 2.22. The normalized spacial score (nSPS) is 12.6. The Balaban J connectivity index is 2.40. The van der Waals surface area contributed by atoms with Crippen molar-refractivity contribution in [3.05, 3.63) is 39.7 Å². The molecular formula is C25H35NO6. The molecular weight excluding hydrogens is 410 g/mol. The molecule has 0 aliphatic heterocycles. The van der Waals surface area contributed by atoms with Gasteiger partial charge in [-0.25, -0.2) is 14.4 Å². The van der Waals surface area contributed by atoms with Gasteiger partial charge in [0.05, 0.1) is 5.39 Å². The summed E-state index contributed by atoms with van der Waals surface area (Å²) < 4.78 is 16.5. The predicted octanol–water partition coefficient (Wildman–Crippen LogP) is 5.29. The van der Waals surface area contributed by atoms with Crippen LogP contribution in [-0.2, 0) is 16.0 Å². The van der Waals surface area contributed by atoms with Crippen molar-refractivity contribution < 1.29 is 23.5 Å². The van der Waals surface area contributed by atoms with Gasteiger partial charge in [-0.1, -0.05) is 27.2 Å². The number of rotatable bonds is 8. The summed E-state index contributed by atoms with van der Waals surface area (Å²) in [7, 11) is 0. The van der Waals surface area contributed by atoms with Gasteiger partial charge >= 0.3 is 17.7 Å². The van der Waals surface area contributed by atoms with E-state index in [2.05, 4.69) is 12.2 Å². The van der Waals surface area contributed by atoms with E-state index in [0.717, 1.165) is 24.0 Å². The van der Waals surface area contributed by atoms with Gasteiger partial charge < -0.3 is 19.2 Å².